The number of urea groups is 1. The highest BCUT2D eigenvalue weighted by Crippen LogP contribution is 2.44. The lowest BCUT2D eigenvalue weighted by atomic mass is 9.78. The van der Waals surface area contributed by atoms with Crippen LogP contribution in [0.5, 0.6) is 0 Å². The maximum atomic E-state index is 13.6. The molecule has 0 aliphatic carbocycles. The number of Topliss-reactive ketones (excluding diaryl/α,β-unsaturated/α-hetero) is 1. The van der Waals surface area contributed by atoms with Gasteiger partial charge >= 0.3 is 12.2 Å². The normalized spacial score (nSPS) is 26.1. The Balaban J connectivity index is 2.16. The summed E-state index contributed by atoms with van der Waals surface area (Å²) in [6, 6.07) is 4.35. The zero-order valence-corrected chi connectivity index (χ0v) is 13.7. The van der Waals surface area contributed by atoms with Crippen molar-refractivity contribution in [3.63, 3.8) is 0 Å². The van der Waals surface area contributed by atoms with Crippen LogP contribution in [0, 0.1) is 11.7 Å². The van der Waals surface area contributed by atoms with Crippen LogP contribution in [0.25, 0.3) is 0 Å². The summed E-state index contributed by atoms with van der Waals surface area (Å²) in [6.07, 6.45) is -5.34. The molecule has 5 nitrogen and oxygen atoms in total. The maximum absolute atomic E-state index is 13.6. The van der Waals surface area contributed by atoms with Crippen LogP contribution in [0.4, 0.5) is 22.4 Å². The lowest BCUT2D eigenvalue weighted by molar-refractivity contribution is -0.287. The molecule has 1 aromatic carbocycles. The van der Waals surface area contributed by atoms with Crippen molar-refractivity contribution in [2.24, 2.45) is 5.92 Å². The van der Waals surface area contributed by atoms with Crippen molar-refractivity contribution >= 4 is 23.2 Å². The van der Waals surface area contributed by atoms with E-state index in [4.69, 9.17) is 0 Å². The van der Waals surface area contributed by atoms with E-state index >= 15 is 0 Å². The molecular weight excluding hydrogens is 376 g/mol. The average molecular weight is 388 g/mol. The van der Waals surface area contributed by atoms with Crippen LogP contribution in [0.3, 0.4) is 0 Å². The monoisotopic (exact) mass is 388 g/mol. The molecule has 2 amide bonds. The molecule has 0 bridgehead atoms. The van der Waals surface area contributed by atoms with Gasteiger partial charge in [-0.15, -0.1) is 11.3 Å². The van der Waals surface area contributed by atoms with Crippen molar-refractivity contribution in [1.29, 1.82) is 0 Å². The van der Waals surface area contributed by atoms with Gasteiger partial charge in [0.05, 0.1) is 10.9 Å². The molecular formula is C16H12F4N2O3S. The predicted molar refractivity (Wildman–Crippen MR) is 84.0 cm³/mol. The number of thiophene rings is 1. The van der Waals surface area contributed by atoms with Gasteiger partial charge in [0.1, 0.15) is 11.7 Å². The van der Waals surface area contributed by atoms with Crippen molar-refractivity contribution in [1.82, 2.24) is 10.6 Å². The topological polar surface area (TPSA) is 78.4 Å². The van der Waals surface area contributed by atoms with E-state index in [-0.39, 0.29) is 10.4 Å². The summed E-state index contributed by atoms with van der Waals surface area (Å²) in [7, 11) is 0. The Labute approximate surface area is 148 Å². The van der Waals surface area contributed by atoms with Gasteiger partial charge in [-0.1, -0.05) is 18.2 Å². The zero-order chi connectivity index (χ0) is 19.1. The molecule has 10 heteroatoms. The molecule has 1 aromatic heterocycles. The van der Waals surface area contributed by atoms with Crippen LogP contribution in [0.1, 0.15) is 21.3 Å². The number of carbonyl (C=O) groups excluding carboxylic acids is 2. The fraction of sp³-hybridized carbons (Fsp3) is 0.250. The molecule has 2 aromatic rings. The van der Waals surface area contributed by atoms with Gasteiger partial charge in [0.2, 0.25) is 5.72 Å². The highest BCUT2D eigenvalue weighted by Gasteiger charge is 2.66. The van der Waals surface area contributed by atoms with Gasteiger partial charge in [0.25, 0.3) is 0 Å². The first-order valence-corrected chi connectivity index (χ1v) is 8.22. The van der Waals surface area contributed by atoms with Crippen LogP contribution < -0.4 is 10.6 Å². The lowest BCUT2D eigenvalue weighted by Gasteiger charge is -2.44. The van der Waals surface area contributed by atoms with Crippen LogP contribution in [-0.2, 0) is 0 Å². The lowest BCUT2D eigenvalue weighted by Crippen LogP contribution is -2.72. The predicted octanol–water partition coefficient (Wildman–Crippen LogP) is 2.99. The second-order valence-electron chi connectivity index (χ2n) is 5.71. The summed E-state index contributed by atoms with van der Waals surface area (Å²) in [5.74, 6) is -3.93. The summed E-state index contributed by atoms with van der Waals surface area (Å²) in [6.45, 7) is 0. The van der Waals surface area contributed by atoms with Gasteiger partial charge in [-0.25, -0.2) is 9.18 Å². The molecule has 138 valence electrons. The quantitative estimate of drug-likeness (QED) is 0.559. The minimum absolute atomic E-state index is 0.0305. The van der Waals surface area contributed by atoms with E-state index in [0.717, 1.165) is 23.5 Å². The number of rotatable bonds is 3. The maximum Gasteiger partial charge on any atom is 0.437 e. The highest BCUT2D eigenvalue weighted by molar-refractivity contribution is 7.12. The number of carbonyl (C=O) groups is 2. The third-order valence-corrected chi connectivity index (χ3v) is 4.94. The van der Waals surface area contributed by atoms with Crippen molar-refractivity contribution in [2.75, 3.05) is 0 Å². The van der Waals surface area contributed by atoms with E-state index in [2.05, 4.69) is 5.32 Å². The number of halogens is 4. The number of hydrogen-bond acceptors (Lipinski definition) is 4. The molecule has 1 fully saturated rings. The molecule has 1 aliphatic heterocycles. The number of benzene rings is 1. The van der Waals surface area contributed by atoms with Crippen LogP contribution in [0.15, 0.2) is 41.8 Å². The molecule has 0 spiro atoms. The van der Waals surface area contributed by atoms with Gasteiger partial charge in [0.15, 0.2) is 5.78 Å². The van der Waals surface area contributed by atoms with Crippen molar-refractivity contribution in [3.8, 4) is 0 Å². The van der Waals surface area contributed by atoms with Crippen LogP contribution in [0.2, 0.25) is 0 Å². The summed E-state index contributed by atoms with van der Waals surface area (Å²) in [5.41, 5.74) is -3.88. The van der Waals surface area contributed by atoms with E-state index in [1.54, 1.807) is 0 Å². The minimum Gasteiger partial charge on any atom is -0.363 e. The number of ketones is 1. The van der Waals surface area contributed by atoms with Gasteiger partial charge in [-0.05, 0) is 29.1 Å². The second-order valence-corrected chi connectivity index (χ2v) is 6.66. The molecule has 1 aliphatic rings. The van der Waals surface area contributed by atoms with E-state index in [0.29, 0.717) is 0 Å². The van der Waals surface area contributed by atoms with Crippen LogP contribution >= 0.6 is 11.3 Å². The molecule has 1 saturated heterocycles. The Morgan fingerprint density at radius 2 is 1.96 bits per heavy atom. The Bertz CT molecular complexity index is 840. The molecule has 0 radical (unpaired) electrons. The first-order chi connectivity index (χ1) is 12.1. The standard InChI is InChI=1S/C16H12F4N2O3S/c17-9-4-1-3-8(7-9)12-11(13(23)10-5-2-6-26-10)15(25,16(18,19)20)22-14(24)21-12/h1-7,11-12,25H,(H2,21,22,24)/t11-,12-,15-/m0/s1. The van der Waals surface area contributed by atoms with E-state index < -0.39 is 41.5 Å². The molecule has 3 atom stereocenters. The fourth-order valence-corrected chi connectivity index (χ4v) is 3.59. The van der Waals surface area contributed by atoms with Crippen molar-refractivity contribution in [3.05, 3.63) is 58.0 Å². The van der Waals surface area contributed by atoms with E-state index in [1.165, 1.54) is 35.0 Å². The Hall–Kier alpha value is -2.46. The van der Waals surface area contributed by atoms with Crippen molar-refractivity contribution in [2.45, 2.75) is 17.9 Å². The number of hydrogen-bond donors (Lipinski definition) is 3. The van der Waals surface area contributed by atoms with Crippen LogP contribution in [-0.4, -0.2) is 28.8 Å². The molecule has 0 saturated carbocycles. The average Bonchev–Trinajstić information content (AvgIpc) is 3.07. The molecule has 3 rings (SSSR count). The largest absolute Gasteiger partial charge is 0.437 e. The fourth-order valence-electron chi connectivity index (χ4n) is 2.89. The third kappa shape index (κ3) is 3.06. The Morgan fingerprint density at radius 3 is 2.54 bits per heavy atom. The van der Waals surface area contributed by atoms with Gasteiger partial charge < -0.3 is 15.7 Å². The number of amides is 2. The summed E-state index contributed by atoms with van der Waals surface area (Å²) in [5, 5.41) is 15.4. The van der Waals surface area contributed by atoms with Crippen molar-refractivity contribution < 1.29 is 32.3 Å². The molecule has 26 heavy (non-hydrogen) atoms. The first-order valence-electron chi connectivity index (χ1n) is 7.34. The van der Waals surface area contributed by atoms with Gasteiger partial charge in [-0.3, -0.25) is 4.79 Å². The number of aliphatic hydroxyl groups is 1. The van der Waals surface area contributed by atoms with E-state index in [9.17, 15) is 32.3 Å². The second kappa shape index (κ2) is 6.36. The highest BCUT2D eigenvalue weighted by atomic mass is 32.1. The summed E-state index contributed by atoms with van der Waals surface area (Å²) >= 11 is 0.895. The molecule has 2 heterocycles. The smallest absolute Gasteiger partial charge is 0.363 e. The summed E-state index contributed by atoms with van der Waals surface area (Å²) < 4.78 is 54.4. The Morgan fingerprint density at radius 1 is 1.23 bits per heavy atom. The Kier molecular flexibility index (Phi) is 4.49. The first kappa shape index (κ1) is 18.3. The minimum atomic E-state index is -5.34. The third-order valence-electron chi connectivity index (χ3n) is 4.06. The summed E-state index contributed by atoms with van der Waals surface area (Å²) in [4.78, 5) is 24.5. The van der Waals surface area contributed by atoms with E-state index in [1.807, 2.05) is 0 Å². The zero-order valence-electron chi connectivity index (χ0n) is 12.9. The molecule has 0 unspecified atom stereocenters. The van der Waals surface area contributed by atoms with Gasteiger partial charge in [0, 0.05) is 0 Å². The SMILES string of the molecule is O=C1N[C@@H](c2cccc(F)c2)[C@@H](C(=O)c2cccs2)[C@](O)(C(F)(F)F)N1. The molecule has 3 N–H and O–H groups in total. The van der Waals surface area contributed by atoms with Gasteiger partial charge in [-0.2, -0.15) is 13.2 Å². The number of alkyl halides is 3. The number of nitrogens with one attached hydrogen (secondary N) is 2.